The van der Waals surface area contributed by atoms with Crippen molar-refractivity contribution in [3.05, 3.63) is 23.2 Å². The van der Waals surface area contributed by atoms with E-state index in [2.05, 4.69) is 4.98 Å². The Morgan fingerprint density at radius 3 is 2.95 bits per heavy atom. The van der Waals surface area contributed by atoms with Crippen LogP contribution in [0.15, 0.2) is 18.2 Å². The molecule has 1 aromatic heterocycles. The van der Waals surface area contributed by atoms with Crippen LogP contribution >= 0.6 is 11.6 Å². The highest BCUT2D eigenvalue weighted by atomic mass is 35.5. The summed E-state index contributed by atoms with van der Waals surface area (Å²) in [6, 6.07) is 5.20. The van der Waals surface area contributed by atoms with Gasteiger partial charge in [0.05, 0.1) is 28.6 Å². The van der Waals surface area contributed by atoms with E-state index in [1.54, 1.807) is 12.1 Å². The quantitative estimate of drug-likeness (QED) is 0.874. The Morgan fingerprint density at radius 1 is 1.42 bits per heavy atom. The van der Waals surface area contributed by atoms with Gasteiger partial charge in [-0.15, -0.1) is 0 Å². The molecule has 1 fully saturated rings. The molecule has 3 rings (SSSR count). The number of aromatic nitrogens is 2. The minimum Gasteiger partial charge on any atom is -0.369 e. The third kappa shape index (κ3) is 2.30. The van der Waals surface area contributed by atoms with E-state index >= 15 is 0 Å². The molecule has 2 heterocycles. The number of rotatable bonds is 1. The van der Waals surface area contributed by atoms with Crippen LogP contribution in [0.25, 0.3) is 11.0 Å². The van der Waals surface area contributed by atoms with Gasteiger partial charge in [-0.05, 0) is 31.0 Å². The number of nitrogens with two attached hydrogens (primary N) is 1. The monoisotopic (exact) mass is 299 g/mol. The number of sulfone groups is 1. The SMILES string of the molecule is Nc1nc2cc(Cl)ccc2n1C1CCCS(=O)(=O)C1. The van der Waals surface area contributed by atoms with Crippen LogP contribution in [0.5, 0.6) is 0 Å². The molecule has 0 aliphatic carbocycles. The predicted octanol–water partition coefficient (Wildman–Crippen LogP) is 2.02. The zero-order chi connectivity index (χ0) is 13.6. The highest BCUT2D eigenvalue weighted by molar-refractivity contribution is 7.91. The topological polar surface area (TPSA) is 78.0 Å². The standard InChI is InChI=1S/C12H14ClN3O2S/c13-8-3-4-11-10(6-8)15-12(14)16(11)9-2-1-5-19(17,18)7-9/h3-4,6,9H,1-2,5,7H2,(H2,14,15). The molecule has 1 aliphatic rings. The zero-order valence-electron chi connectivity index (χ0n) is 10.2. The molecule has 102 valence electrons. The summed E-state index contributed by atoms with van der Waals surface area (Å²) in [5, 5.41) is 0.591. The highest BCUT2D eigenvalue weighted by Gasteiger charge is 2.28. The molecule has 19 heavy (non-hydrogen) atoms. The van der Waals surface area contributed by atoms with Gasteiger partial charge in [-0.25, -0.2) is 13.4 Å². The molecule has 1 aliphatic heterocycles. The predicted molar refractivity (Wildman–Crippen MR) is 76.1 cm³/mol. The summed E-state index contributed by atoms with van der Waals surface area (Å²) in [4.78, 5) is 4.26. The minimum absolute atomic E-state index is 0.130. The minimum atomic E-state index is -2.98. The van der Waals surface area contributed by atoms with Crippen molar-refractivity contribution in [2.45, 2.75) is 18.9 Å². The molecule has 2 N–H and O–H groups in total. The fourth-order valence-corrected chi connectivity index (χ4v) is 4.52. The van der Waals surface area contributed by atoms with Crippen molar-refractivity contribution in [3.8, 4) is 0 Å². The van der Waals surface area contributed by atoms with Crippen molar-refractivity contribution in [3.63, 3.8) is 0 Å². The number of nitrogens with zero attached hydrogens (tertiary/aromatic N) is 2. The molecular formula is C12H14ClN3O2S. The fourth-order valence-electron chi connectivity index (χ4n) is 2.68. The normalized spacial score (nSPS) is 22.7. The Kier molecular flexibility index (Phi) is 2.94. The van der Waals surface area contributed by atoms with Gasteiger partial charge < -0.3 is 10.3 Å². The molecular weight excluding hydrogens is 286 g/mol. The molecule has 2 aromatic rings. The molecule has 1 saturated heterocycles. The molecule has 0 spiro atoms. The first-order valence-corrected chi connectivity index (χ1v) is 8.29. The van der Waals surface area contributed by atoms with Gasteiger partial charge in [-0.2, -0.15) is 0 Å². The first-order chi connectivity index (χ1) is 8.96. The number of anilines is 1. The zero-order valence-corrected chi connectivity index (χ0v) is 11.8. The number of imidazole rings is 1. The van der Waals surface area contributed by atoms with Crippen LogP contribution in [0, 0.1) is 0 Å². The fraction of sp³-hybridized carbons (Fsp3) is 0.417. The van der Waals surface area contributed by atoms with E-state index in [-0.39, 0.29) is 17.5 Å². The van der Waals surface area contributed by atoms with E-state index in [0.717, 1.165) is 11.9 Å². The molecule has 1 aromatic carbocycles. The van der Waals surface area contributed by atoms with Crippen molar-refractivity contribution >= 4 is 38.4 Å². The second-order valence-electron chi connectivity index (χ2n) is 4.88. The second-order valence-corrected chi connectivity index (χ2v) is 7.55. The van der Waals surface area contributed by atoms with Gasteiger partial charge >= 0.3 is 0 Å². The lowest BCUT2D eigenvalue weighted by Gasteiger charge is -2.24. The maximum atomic E-state index is 11.8. The van der Waals surface area contributed by atoms with E-state index in [4.69, 9.17) is 17.3 Å². The lowest BCUT2D eigenvalue weighted by atomic mass is 10.1. The first-order valence-electron chi connectivity index (χ1n) is 6.10. The van der Waals surface area contributed by atoms with Crippen molar-refractivity contribution in [1.82, 2.24) is 9.55 Å². The molecule has 1 atom stereocenters. The van der Waals surface area contributed by atoms with Gasteiger partial charge in [0.2, 0.25) is 5.95 Å². The van der Waals surface area contributed by atoms with Crippen LogP contribution < -0.4 is 5.73 Å². The average Bonchev–Trinajstić information content (AvgIpc) is 2.62. The maximum Gasteiger partial charge on any atom is 0.201 e. The van der Waals surface area contributed by atoms with Gasteiger partial charge in [0.15, 0.2) is 9.84 Å². The summed E-state index contributed by atoms with van der Waals surface area (Å²) in [5.41, 5.74) is 7.48. The Morgan fingerprint density at radius 2 is 2.21 bits per heavy atom. The summed E-state index contributed by atoms with van der Waals surface area (Å²) >= 11 is 5.93. The van der Waals surface area contributed by atoms with E-state index in [9.17, 15) is 8.42 Å². The number of hydrogen-bond acceptors (Lipinski definition) is 4. The smallest absolute Gasteiger partial charge is 0.201 e. The lowest BCUT2D eigenvalue weighted by Crippen LogP contribution is -2.28. The van der Waals surface area contributed by atoms with E-state index < -0.39 is 9.84 Å². The first kappa shape index (κ1) is 12.7. The Bertz CT molecular complexity index is 739. The Balaban J connectivity index is 2.12. The average molecular weight is 300 g/mol. The van der Waals surface area contributed by atoms with E-state index in [1.807, 2.05) is 10.6 Å². The second kappa shape index (κ2) is 4.38. The van der Waals surface area contributed by atoms with Gasteiger partial charge in [0.25, 0.3) is 0 Å². The molecule has 5 nitrogen and oxygen atoms in total. The molecule has 0 amide bonds. The molecule has 0 bridgehead atoms. The molecule has 1 unspecified atom stereocenters. The van der Waals surface area contributed by atoms with Gasteiger partial charge in [-0.1, -0.05) is 11.6 Å². The summed E-state index contributed by atoms with van der Waals surface area (Å²) in [5.74, 6) is 0.743. The van der Waals surface area contributed by atoms with Gasteiger partial charge in [0.1, 0.15) is 0 Å². The molecule has 0 saturated carbocycles. The maximum absolute atomic E-state index is 11.8. The number of fused-ring (bicyclic) bond motifs is 1. The van der Waals surface area contributed by atoms with Crippen LogP contribution in [0.4, 0.5) is 5.95 Å². The van der Waals surface area contributed by atoms with Crippen molar-refractivity contribution in [2.24, 2.45) is 0 Å². The third-order valence-corrected chi connectivity index (χ3v) is 5.52. The molecule has 0 radical (unpaired) electrons. The van der Waals surface area contributed by atoms with Crippen LogP contribution in [-0.4, -0.2) is 29.5 Å². The van der Waals surface area contributed by atoms with E-state index in [0.29, 0.717) is 22.9 Å². The van der Waals surface area contributed by atoms with Crippen LogP contribution in [0.1, 0.15) is 18.9 Å². The molecule has 7 heteroatoms. The van der Waals surface area contributed by atoms with Crippen LogP contribution in [-0.2, 0) is 9.84 Å². The van der Waals surface area contributed by atoms with Crippen molar-refractivity contribution < 1.29 is 8.42 Å². The summed E-state index contributed by atoms with van der Waals surface area (Å²) in [6.45, 7) is 0. The summed E-state index contributed by atoms with van der Waals surface area (Å²) < 4.78 is 25.3. The third-order valence-electron chi connectivity index (χ3n) is 3.48. The van der Waals surface area contributed by atoms with Gasteiger partial charge in [-0.3, -0.25) is 0 Å². The number of benzene rings is 1. The van der Waals surface area contributed by atoms with E-state index in [1.165, 1.54) is 0 Å². The van der Waals surface area contributed by atoms with Crippen LogP contribution in [0.2, 0.25) is 5.02 Å². The number of hydrogen-bond donors (Lipinski definition) is 1. The summed E-state index contributed by atoms with van der Waals surface area (Å²) in [6.07, 6.45) is 1.47. The number of nitrogen functional groups attached to an aromatic ring is 1. The summed E-state index contributed by atoms with van der Waals surface area (Å²) in [7, 11) is -2.98. The Hall–Kier alpha value is -1.27. The largest absolute Gasteiger partial charge is 0.369 e. The van der Waals surface area contributed by atoms with Crippen LogP contribution in [0.3, 0.4) is 0 Å². The van der Waals surface area contributed by atoms with Crippen molar-refractivity contribution in [2.75, 3.05) is 17.2 Å². The van der Waals surface area contributed by atoms with Gasteiger partial charge in [0, 0.05) is 5.02 Å². The number of halogens is 1. The Labute approximate surface area is 116 Å². The highest BCUT2D eigenvalue weighted by Crippen LogP contribution is 2.30. The van der Waals surface area contributed by atoms with Crippen molar-refractivity contribution in [1.29, 1.82) is 0 Å². The lowest BCUT2D eigenvalue weighted by molar-refractivity contribution is 0.483.